The topological polar surface area (TPSA) is 88.8 Å². The Balaban J connectivity index is 1.28. The highest BCUT2D eigenvalue weighted by molar-refractivity contribution is 7.09. The van der Waals surface area contributed by atoms with E-state index in [4.69, 9.17) is 0 Å². The summed E-state index contributed by atoms with van der Waals surface area (Å²) in [5.74, 6) is 0.149. The Morgan fingerprint density at radius 2 is 2.04 bits per heavy atom. The normalized spacial score (nSPS) is 15.8. The van der Waals surface area contributed by atoms with E-state index in [-0.39, 0.29) is 11.8 Å². The van der Waals surface area contributed by atoms with Crippen molar-refractivity contribution in [3.05, 3.63) is 47.2 Å². The molecule has 1 N–H and O–H groups in total. The monoisotopic (exact) mass is 369 g/mol. The molecule has 1 saturated heterocycles. The van der Waals surface area contributed by atoms with Crippen LogP contribution in [-0.2, 0) is 11.3 Å². The number of tetrazole rings is 1. The maximum atomic E-state index is 12.5. The Labute approximate surface area is 154 Å². The van der Waals surface area contributed by atoms with Crippen LogP contribution >= 0.6 is 11.3 Å². The molecular weight excluding hydrogens is 350 g/mol. The van der Waals surface area contributed by atoms with Crippen LogP contribution in [0.25, 0.3) is 5.69 Å². The van der Waals surface area contributed by atoms with Crippen LogP contribution in [0.4, 0.5) is 5.69 Å². The van der Waals surface area contributed by atoms with Gasteiger partial charge in [-0.25, -0.2) is 9.67 Å². The smallest absolute Gasteiger partial charge is 0.227 e. The van der Waals surface area contributed by atoms with E-state index in [1.165, 1.54) is 6.33 Å². The number of benzene rings is 1. The highest BCUT2D eigenvalue weighted by Crippen LogP contribution is 2.22. The van der Waals surface area contributed by atoms with Crippen molar-refractivity contribution in [1.29, 1.82) is 0 Å². The molecule has 3 heterocycles. The highest BCUT2D eigenvalue weighted by atomic mass is 32.1. The molecule has 1 aromatic carbocycles. The molecular formula is C17H19N7OS. The number of hydrogen-bond acceptors (Lipinski definition) is 7. The number of nitrogens with one attached hydrogen (secondary N) is 1. The zero-order chi connectivity index (χ0) is 17.8. The van der Waals surface area contributed by atoms with Gasteiger partial charge in [0, 0.05) is 23.2 Å². The molecule has 0 saturated carbocycles. The van der Waals surface area contributed by atoms with Gasteiger partial charge in [-0.3, -0.25) is 9.69 Å². The highest BCUT2D eigenvalue weighted by Gasteiger charge is 2.25. The first kappa shape index (κ1) is 16.8. The van der Waals surface area contributed by atoms with Gasteiger partial charge < -0.3 is 5.32 Å². The van der Waals surface area contributed by atoms with E-state index in [9.17, 15) is 4.79 Å². The first-order chi connectivity index (χ1) is 12.8. The number of anilines is 1. The fraction of sp³-hybridized carbons (Fsp3) is 0.353. The predicted octanol–water partition coefficient (Wildman–Crippen LogP) is 1.97. The SMILES string of the molecule is O=C(Nc1ccc(-n2cnnn2)cc1)C1CCN(Cc2nccs2)CC1. The Kier molecular flexibility index (Phi) is 4.98. The number of rotatable bonds is 5. The number of hydrogen-bond donors (Lipinski definition) is 1. The Morgan fingerprint density at radius 3 is 2.69 bits per heavy atom. The molecule has 8 nitrogen and oxygen atoms in total. The van der Waals surface area contributed by atoms with Gasteiger partial charge in [0.1, 0.15) is 11.3 Å². The van der Waals surface area contributed by atoms with Crippen LogP contribution < -0.4 is 5.32 Å². The minimum Gasteiger partial charge on any atom is -0.326 e. The van der Waals surface area contributed by atoms with Crippen LogP contribution in [0, 0.1) is 5.92 Å². The van der Waals surface area contributed by atoms with Gasteiger partial charge in [0.05, 0.1) is 12.2 Å². The Hall–Kier alpha value is -2.65. The first-order valence-corrected chi connectivity index (χ1v) is 9.41. The van der Waals surface area contributed by atoms with Gasteiger partial charge in [0.15, 0.2) is 0 Å². The van der Waals surface area contributed by atoms with E-state index >= 15 is 0 Å². The maximum absolute atomic E-state index is 12.5. The second kappa shape index (κ2) is 7.71. The van der Waals surface area contributed by atoms with Crippen LogP contribution in [0.2, 0.25) is 0 Å². The largest absolute Gasteiger partial charge is 0.326 e. The molecule has 134 valence electrons. The van der Waals surface area contributed by atoms with Crippen LogP contribution in [0.1, 0.15) is 17.8 Å². The summed E-state index contributed by atoms with van der Waals surface area (Å²) in [6.45, 7) is 2.73. The standard InChI is InChI=1S/C17H19N7OS/c25-17(13-5-8-23(9-6-13)11-16-18-7-10-26-16)20-14-1-3-15(4-2-14)24-12-19-21-22-24/h1-4,7,10,12-13H,5-6,8-9,11H2,(H,20,25). The Bertz CT molecular complexity index is 825. The second-order valence-corrected chi connectivity index (χ2v) is 7.25. The number of aromatic nitrogens is 5. The molecule has 0 bridgehead atoms. The van der Waals surface area contributed by atoms with E-state index < -0.39 is 0 Å². The number of likely N-dealkylation sites (tertiary alicyclic amines) is 1. The fourth-order valence-corrected chi connectivity index (χ4v) is 3.75. The quantitative estimate of drug-likeness (QED) is 0.740. The lowest BCUT2D eigenvalue weighted by Gasteiger charge is -2.30. The van der Waals surface area contributed by atoms with Gasteiger partial charge in [-0.15, -0.1) is 16.4 Å². The van der Waals surface area contributed by atoms with Crippen LogP contribution in [0.5, 0.6) is 0 Å². The lowest BCUT2D eigenvalue weighted by Crippen LogP contribution is -2.37. The van der Waals surface area contributed by atoms with Gasteiger partial charge in [0.2, 0.25) is 5.91 Å². The van der Waals surface area contributed by atoms with E-state index in [1.54, 1.807) is 16.0 Å². The van der Waals surface area contributed by atoms with E-state index in [0.717, 1.165) is 48.9 Å². The first-order valence-electron chi connectivity index (χ1n) is 8.53. The molecule has 3 aromatic rings. The minimum absolute atomic E-state index is 0.0572. The van der Waals surface area contributed by atoms with Crippen molar-refractivity contribution in [3.8, 4) is 5.69 Å². The van der Waals surface area contributed by atoms with Gasteiger partial charge in [-0.1, -0.05) is 0 Å². The summed E-state index contributed by atoms with van der Waals surface area (Å²) in [4.78, 5) is 19.2. The summed E-state index contributed by atoms with van der Waals surface area (Å²) < 4.78 is 1.57. The summed E-state index contributed by atoms with van der Waals surface area (Å²) >= 11 is 1.68. The van der Waals surface area contributed by atoms with Crippen molar-refractivity contribution in [2.45, 2.75) is 19.4 Å². The van der Waals surface area contributed by atoms with E-state index in [1.807, 2.05) is 35.8 Å². The lowest BCUT2D eigenvalue weighted by molar-refractivity contribution is -0.121. The van der Waals surface area contributed by atoms with Crippen molar-refractivity contribution < 1.29 is 4.79 Å². The molecule has 9 heteroatoms. The summed E-state index contributed by atoms with van der Waals surface area (Å²) in [6, 6.07) is 7.49. The van der Waals surface area contributed by atoms with Crippen molar-refractivity contribution >= 4 is 22.9 Å². The van der Waals surface area contributed by atoms with Crippen LogP contribution in [0.15, 0.2) is 42.2 Å². The third kappa shape index (κ3) is 3.94. The number of carbonyl (C=O) groups excluding carboxylic acids is 1. The molecule has 26 heavy (non-hydrogen) atoms. The predicted molar refractivity (Wildman–Crippen MR) is 97.9 cm³/mol. The summed E-state index contributed by atoms with van der Waals surface area (Å²) in [5.41, 5.74) is 1.64. The average molecular weight is 369 g/mol. The maximum Gasteiger partial charge on any atom is 0.227 e. The molecule has 0 radical (unpaired) electrons. The molecule has 0 atom stereocenters. The number of carbonyl (C=O) groups is 1. The van der Waals surface area contributed by atoms with E-state index in [2.05, 4.69) is 30.7 Å². The second-order valence-electron chi connectivity index (χ2n) is 6.27. The average Bonchev–Trinajstić information content (AvgIpc) is 3.37. The minimum atomic E-state index is 0.0572. The molecule has 1 amide bonds. The van der Waals surface area contributed by atoms with Gasteiger partial charge >= 0.3 is 0 Å². The summed E-state index contributed by atoms with van der Waals surface area (Å²) in [6.07, 6.45) is 5.12. The Morgan fingerprint density at radius 1 is 1.23 bits per heavy atom. The summed E-state index contributed by atoms with van der Waals surface area (Å²) in [5, 5.41) is 17.2. The molecule has 2 aromatic heterocycles. The van der Waals surface area contributed by atoms with Crippen molar-refractivity contribution in [2.24, 2.45) is 5.92 Å². The van der Waals surface area contributed by atoms with Gasteiger partial charge in [-0.05, 0) is 60.6 Å². The molecule has 0 spiro atoms. The van der Waals surface area contributed by atoms with Crippen molar-refractivity contribution in [1.82, 2.24) is 30.1 Å². The fourth-order valence-electron chi connectivity index (χ4n) is 3.10. The van der Waals surface area contributed by atoms with Crippen LogP contribution in [0.3, 0.4) is 0 Å². The third-order valence-electron chi connectivity index (χ3n) is 4.55. The molecule has 0 unspecified atom stereocenters. The zero-order valence-corrected chi connectivity index (χ0v) is 15.0. The summed E-state index contributed by atoms with van der Waals surface area (Å²) in [7, 11) is 0. The van der Waals surface area contributed by atoms with Crippen molar-refractivity contribution in [3.63, 3.8) is 0 Å². The van der Waals surface area contributed by atoms with Gasteiger partial charge in [0.25, 0.3) is 0 Å². The molecule has 1 fully saturated rings. The van der Waals surface area contributed by atoms with E-state index in [0.29, 0.717) is 0 Å². The number of thiazole rings is 1. The third-order valence-corrected chi connectivity index (χ3v) is 5.31. The van der Waals surface area contributed by atoms with Gasteiger partial charge in [-0.2, -0.15) is 0 Å². The van der Waals surface area contributed by atoms with Crippen LogP contribution in [-0.4, -0.2) is 49.1 Å². The lowest BCUT2D eigenvalue weighted by atomic mass is 9.96. The molecule has 1 aliphatic rings. The van der Waals surface area contributed by atoms with Crippen molar-refractivity contribution in [2.75, 3.05) is 18.4 Å². The zero-order valence-electron chi connectivity index (χ0n) is 14.2. The number of nitrogens with zero attached hydrogens (tertiary/aromatic N) is 6. The molecule has 1 aliphatic heterocycles. The number of piperidine rings is 1. The molecule has 4 rings (SSSR count). The molecule has 0 aliphatic carbocycles. The number of amides is 1.